The fourth-order valence-corrected chi connectivity index (χ4v) is 4.12. The zero-order chi connectivity index (χ0) is 19.1. The molecule has 2 unspecified atom stereocenters. The van der Waals surface area contributed by atoms with Crippen LogP contribution in [0, 0.1) is 11.8 Å². The molecule has 1 saturated carbocycles. The summed E-state index contributed by atoms with van der Waals surface area (Å²) in [6.07, 6.45) is 10.9. The van der Waals surface area contributed by atoms with Crippen LogP contribution in [-0.4, -0.2) is 40.2 Å². The van der Waals surface area contributed by atoms with Gasteiger partial charge in [0.15, 0.2) is 11.6 Å². The van der Waals surface area contributed by atoms with Crippen molar-refractivity contribution in [2.24, 2.45) is 16.8 Å². The van der Waals surface area contributed by atoms with Gasteiger partial charge < -0.3 is 10.6 Å². The van der Waals surface area contributed by atoms with Gasteiger partial charge >= 0.3 is 0 Å². The molecule has 1 aliphatic rings. The van der Waals surface area contributed by atoms with Crippen molar-refractivity contribution in [2.75, 3.05) is 13.6 Å². The summed E-state index contributed by atoms with van der Waals surface area (Å²) in [7, 11) is 1.85. The zero-order valence-electron chi connectivity index (χ0n) is 17.4. The van der Waals surface area contributed by atoms with Crippen LogP contribution >= 0.6 is 24.0 Å². The van der Waals surface area contributed by atoms with E-state index in [1.54, 1.807) is 0 Å². The standard InChI is InChI=1S/C21H34N6.HI/c1-16(18-10-5-4-6-11-18)17(2)24-21(22-3)23-14-9-13-20-26-25-19-12-7-8-15-27(19)20;/h7-8,12,15-18H,4-6,9-11,13-14H2,1-3H3,(H2,22,23,24);1H. The molecule has 6 nitrogen and oxygen atoms in total. The van der Waals surface area contributed by atoms with Crippen LogP contribution in [0.25, 0.3) is 5.65 Å². The number of rotatable bonds is 7. The third-order valence-corrected chi connectivity index (χ3v) is 6.02. The number of pyridine rings is 1. The van der Waals surface area contributed by atoms with Crippen LogP contribution in [0.1, 0.15) is 58.2 Å². The summed E-state index contributed by atoms with van der Waals surface area (Å²) in [5.74, 6) is 3.43. The molecule has 1 aliphatic carbocycles. The smallest absolute Gasteiger partial charge is 0.191 e. The van der Waals surface area contributed by atoms with E-state index in [2.05, 4.69) is 44.1 Å². The lowest BCUT2D eigenvalue weighted by Crippen LogP contribution is -2.46. The Hall–Kier alpha value is -1.38. The average Bonchev–Trinajstić information content (AvgIpc) is 3.13. The summed E-state index contributed by atoms with van der Waals surface area (Å²) in [6.45, 7) is 5.54. The first-order chi connectivity index (χ1) is 13.2. The SMILES string of the molecule is CN=C(NCCCc1nnc2ccccn12)NC(C)C(C)C1CCCCC1.I. The van der Waals surface area contributed by atoms with Crippen LogP contribution in [0.5, 0.6) is 0 Å². The fourth-order valence-electron chi connectivity index (χ4n) is 4.12. The molecule has 0 aromatic carbocycles. The Labute approximate surface area is 186 Å². The maximum absolute atomic E-state index is 4.40. The van der Waals surface area contributed by atoms with Crippen LogP contribution in [-0.2, 0) is 6.42 Å². The number of aromatic nitrogens is 3. The van der Waals surface area contributed by atoms with E-state index < -0.39 is 0 Å². The summed E-state index contributed by atoms with van der Waals surface area (Å²) >= 11 is 0. The van der Waals surface area contributed by atoms with Crippen LogP contribution in [0.2, 0.25) is 0 Å². The number of hydrogen-bond donors (Lipinski definition) is 2. The van der Waals surface area contributed by atoms with E-state index in [0.29, 0.717) is 12.0 Å². The molecule has 1 fully saturated rings. The van der Waals surface area contributed by atoms with Gasteiger partial charge in [0, 0.05) is 32.3 Å². The van der Waals surface area contributed by atoms with Gasteiger partial charge in [0.1, 0.15) is 5.82 Å². The lowest BCUT2D eigenvalue weighted by atomic mass is 9.78. The molecule has 2 aromatic heterocycles. The molecule has 3 rings (SSSR count). The third-order valence-electron chi connectivity index (χ3n) is 6.02. The highest BCUT2D eigenvalue weighted by Crippen LogP contribution is 2.31. The summed E-state index contributed by atoms with van der Waals surface area (Å²) in [5, 5.41) is 15.5. The number of aryl methyl sites for hydroxylation is 1. The Morgan fingerprint density at radius 3 is 2.75 bits per heavy atom. The van der Waals surface area contributed by atoms with Gasteiger partial charge in [-0.15, -0.1) is 34.2 Å². The summed E-state index contributed by atoms with van der Waals surface area (Å²) in [5.41, 5.74) is 0.906. The minimum atomic E-state index is 0. The summed E-state index contributed by atoms with van der Waals surface area (Å²) < 4.78 is 2.06. The van der Waals surface area contributed by atoms with Crippen molar-refractivity contribution in [1.29, 1.82) is 0 Å². The van der Waals surface area contributed by atoms with Crippen molar-refractivity contribution in [3.05, 3.63) is 30.2 Å². The molecule has 0 amide bonds. The number of fused-ring (bicyclic) bond motifs is 1. The number of guanidine groups is 1. The van der Waals surface area contributed by atoms with Crippen LogP contribution < -0.4 is 10.6 Å². The lowest BCUT2D eigenvalue weighted by Gasteiger charge is -2.32. The maximum atomic E-state index is 4.40. The second kappa shape index (κ2) is 11.6. The monoisotopic (exact) mass is 498 g/mol. The minimum absolute atomic E-state index is 0. The third kappa shape index (κ3) is 6.06. The van der Waals surface area contributed by atoms with Gasteiger partial charge in [0.05, 0.1) is 0 Å². The van der Waals surface area contributed by atoms with Gasteiger partial charge in [0.2, 0.25) is 0 Å². The molecule has 7 heteroatoms. The molecule has 0 bridgehead atoms. The van der Waals surface area contributed by atoms with E-state index in [9.17, 15) is 0 Å². The molecule has 2 heterocycles. The van der Waals surface area contributed by atoms with Crippen molar-refractivity contribution >= 4 is 35.6 Å². The number of halogens is 1. The minimum Gasteiger partial charge on any atom is -0.356 e. The predicted octanol–water partition coefficient (Wildman–Crippen LogP) is 4.05. The van der Waals surface area contributed by atoms with Crippen LogP contribution in [0.4, 0.5) is 0 Å². The maximum Gasteiger partial charge on any atom is 0.191 e. The van der Waals surface area contributed by atoms with E-state index in [0.717, 1.165) is 42.7 Å². The first-order valence-electron chi connectivity index (χ1n) is 10.4. The molecule has 156 valence electrons. The summed E-state index contributed by atoms with van der Waals surface area (Å²) in [6, 6.07) is 6.41. The molecule has 0 aliphatic heterocycles. The second-order valence-corrected chi connectivity index (χ2v) is 7.84. The van der Waals surface area contributed by atoms with Gasteiger partial charge in [0.25, 0.3) is 0 Å². The first kappa shape index (κ1) is 22.9. The molecule has 2 aromatic rings. The fraction of sp³-hybridized carbons (Fsp3) is 0.667. The van der Waals surface area contributed by atoms with Crippen LogP contribution in [0.3, 0.4) is 0 Å². The number of aliphatic imine (C=N–C) groups is 1. The Kier molecular flexibility index (Phi) is 9.47. The quantitative estimate of drug-likeness (QED) is 0.262. The Bertz CT molecular complexity index is 737. The molecular formula is C21H35IN6. The number of hydrogen-bond acceptors (Lipinski definition) is 3. The predicted molar refractivity (Wildman–Crippen MR) is 126 cm³/mol. The average molecular weight is 498 g/mol. The van der Waals surface area contributed by atoms with Gasteiger partial charge in [-0.05, 0) is 37.3 Å². The largest absolute Gasteiger partial charge is 0.356 e. The summed E-state index contributed by atoms with van der Waals surface area (Å²) in [4.78, 5) is 4.40. The molecule has 0 spiro atoms. The molecule has 28 heavy (non-hydrogen) atoms. The van der Waals surface area contributed by atoms with Crippen LogP contribution in [0.15, 0.2) is 29.4 Å². The highest BCUT2D eigenvalue weighted by Gasteiger charge is 2.24. The van der Waals surface area contributed by atoms with E-state index in [1.807, 2.05) is 31.4 Å². The Morgan fingerprint density at radius 1 is 1.21 bits per heavy atom. The highest BCUT2D eigenvalue weighted by molar-refractivity contribution is 14.0. The van der Waals surface area contributed by atoms with Crippen molar-refractivity contribution < 1.29 is 0 Å². The molecule has 0 saturated heterocycles. The van der Waals surface area contributed by atoms with Crippen molar-refractivity contribution in [3.63, 3.8) is 0 Å². The topological polar surface area (TPSA) is 66.6 Å². The zero-order valence-corrected chi connectivity index (χ0v) is 19.7. The second-order valence-electron chi connectivity index (χ2n) is 7.84. The van der Waals surface area contributed by atoms with E-state index in [1.165, 1.54) is 32.1 Å². The van der Waals surface area contributed by atoms with Gasteiger partial charge in [-0.2, -0.15) is 0 Å². The van der Waals surface area contributed by atoms with E-state index in [4.69, 9.17) is 0 Å². The molecule has 2 atom stereocenters. The van der Waals surface area contributed by atoms with E-state index >= 15 is 0 Å². The lowest BCUT2D eigenvalue weighted by molar-refractivity contribution is 0.229. The molecule has 0 radical (unpaired) electrons. The first-order valence-corrected chi connectivity index (χ1v) is 10.4. The van der Waals surface area contributed by atoms with Gasteiger partial charge in [-0.25, -0.2) is 0 Å². The Balaban J connectivity index is 0.00000280. The van der Waals surface area contributed by atoms with E-state index in [-0.39, 0.29) is 24.0 Å². The molecular weight excluding hydrogens is 463 g/mol. The molecule has 2 N–H and O–H groups in total. The Morgan fingerprint density at radius 2 is 2.00 bits per heavy atom. The van der Waals surface area contributed by atoms with Gasteiger partial charge in [-0.3, -0.25) is 9.39 Å². The van der Waals surface area contributed by atoms with Crippen molar-refractivity contribution in [1.82, 2.24) is 25.2 Å². The number of nitrogens with zero attached hydrogens (tertiary/aromatic N) is 4. The number of nitrogens with one attached hydrogen (secondary N) is 2. The normalized spacial score (nSPS) is 17.8. The van der Waals surface area contributed by atoms with Gasteiger partial charge in [-0.1, -0.05) is 45.1 Å². The van der Waals surface area contributed by atoms with Crippen molar-refractivity contribution in [3.8, 4) is 0 Å². The highest BCUT2D eigenvalue weighted by atomic mass is 127. The van der Waals surface area contributed by atoms with Crippen molar-refractivity contribution in [2.45, 2.75) is 64.8 Å².